The minimum atomic E-state index is 0.420. The average molecular weight is 354 g/mol. The van der Waals surface area contributed by atoms with Crippen LogP contribution < -0.4 is 0 Å². The molecule has 4 aliphatic rings. The van der Waals surface area contributed by atoms with Crippen LogP contribution in [0, 0.1) is 0 Å². The molecule has 0 radical (unpaired) electrons. The first-order chi connectivity index (χ1) is 13.8. The molecule has 3 aromatic carbocycles. The first-order valence-corrected chi connectivity index (χ1v) is 10.0. The van der Waals surface area contributed by atoms with Gasteiger partial charge in [-0.25, -0.2) is 0 Å². The van der Waals surface area contributed by atoms with Gasteiger partial charge in [-0.2, -0.15) is 0 Å². The van der Waals surface area contributed by atoms with Crippen LogP contribution in [0.15, 0.2) is 60.7 Å². The van der Waals surface area contributed by atoms with Crippen molar-refractivity contribution in [1.82, 2.24) is 0 Å². The zero-order valence-corrected chi connectivity index (χ0v) is 15.4. The molecule has 2 unspecified atom stereocenters. The van der Waals surface area contributed by atoms with Crippen LogP contribution in [-0.4, -0.2) is 0 Å². The van der Waals surface area contributed by atoms with Crippen LogP contribution in [0.1, 0.15) is 61.9 Å². The topological polar surface area (TPSA) is 0 Å². The van der Waals surface area contributed by atoms with Gasteiger partial charge in [0.05, 0.1) is 0 Å². The molecule has 0 aromatic heterocycles. The van der Waals surface area contributed by atoms with Crippen molar-refractivity contribution in [1.29, 1.82) is 0 Å². The summed E-state index contributed by atoms with van der Waals surface area (Å²) in [6.07, 6.45) is 15.7. The first kappa shape index (κ1) is 14.6. The molecule has 7 rings (SSSR count). The minimum Gasteiger partial charge on any atom is -0.0716 e. The Hall–Kier alpha value is -3.38. The molecule has 0 aliphatic heterocycles. The lowest BCUT2D eigenvalue weighted by atomic mass is 9.64. The van der Waals surface area contributed by atoms with Gasteiger partial charge in [0.25, 0.3) is 0 Å². The fraction of sp³-hybridized carbons (Fsp3) is 0.0714. The maximum Gasteiger partial charge on any atom is 0.0196 e. The van der Waals surface area contributed by atoms with Crippen molar-refractivity contribution in [2.75, 3.05) is 0 Å². The Labute approximate surface area is 164 Å². The molecule has 0 fully saturated rings. The van der Waals surface area contributed by atoms with Crippen molar-refractivity contribution in [3.8, 4) is 0 Å². The summed E-state index contributed by atoms with van der Waals surface area (Å²) in [6.45, 7) is 0. The summed E-state index contributed by atoms with van der Waals surface area (Å²) in [4.78, 5) is 0. The van der Waals surface area contributed by atoms with Gasteiger partial charge in [-0.1, -0.05) is 91.1 Å². The second kappa shape index (κ2) is 5.11. The molecular formula is C28H18. The molecule has 0 N–H and O–H groups in total. The van der Waals surface area contributed by atoms with E-state index in [2.05, 4.69) is 97.1 Å². The summed E-state index contributed by atoms with van der Waals surface area (Å²) in [7, 11) is 0. The molecule has 0 saturated carbocycles. The molecule has 0 spiro atoms. The first-order valence-electron chi connectivity index (χ1n) is 10.0. The van der Waals surface area contributed by atoms with Crippen LogP contribution in [0.4, 0.5) is 0 Å². The predicted molar refractivity (Wildman–Crippen MR) is 120 cm³/mol. The minimum absolute atomic E-state index is 0.420. The van der Waals surface area contributed by atoms with E-state index in [0.717, 1.165) is 0 Å². The highest BCUT2D eigenvalue weighted by atomic mass is 14.4. The zero-order valence-electron chi connectivity index (χ0n) is 15.4. The van der Waals surface area contributed by atoms with Gasteiger partial charge in [0.15, 0.2) is 0 Å². The largest absolute Gasteiger partial charge is 0.0716 e. The maximum absolute atomic E-state index is 2.48. The van der Waals surface area contributed by atoms with Gasteiger partial charge < -0.3 is 0 Å². The SMILES string of the molecule is C1=Cc2cc(C3=CC(c4ccc5c(c4)C=C5)C3c3ccc4c(c3)C=C4)ccc21. The van der Waals surface area contributed by atoms with E-state index in [4.69, 9.17) is 0 Å². The Bertz CT molecular complexity index is 1310. The van der Waals surface area contributed by atoms with Gasteiger partial charge in [0, 0.05) is 11.8 Å². The smallest absolute Gasteiger partial charge is 0.0196 e. The van der Waals surface area contributed by atoms with E-state index >= 15 is 0 Å². The van der Waals surface area contributed by atoms with Gasteiger partial charge in [0.1, 0.15) is 0 Å². The molecule has 0 bridgehead atoms. The lowest BCUT2D eigenvalue weighted by molar-refractivity contribution is 0.697. The highest BCUT2D eigenvalue weighted by Gasteiger charge is 2.36. The van der Waals surface area contributed by atoms with E-state index < -0.39 is 0 Å². The third-order valence-electron chi connectivity index (χ3n) is 6.77. The van der Waals surface area contributed by atoms with E-state index in [1.807, 2.05) is 0 Å². The second-order valence-electron chi connectivity index (χ2n) is 8.25. The third-order valence-corrected chi connectivity index (χ3v) is 6.77. The summed E-state index contributed by atoms with van der Waals surface area (Å²) >= 11 is 0. The summed E-state index contributed by atoms with van der Waals surface area (Å²) in [5.74, 6) is 0.863. The molecule has 28 heavy (non-hydrogen) atoms. The van der Waals surface area contributed by atoms with Gasteiger partial charge in [-0.3, -0.25) is 0 Å². The molecule has 0 nitrogen and oxygen atoms in total. The van der Waals surface area contributed by atoms with Crippen LogP contribution in [0.5, 0.6) is 0 Å². The Balaban J connectivity index is 1.34. The van der Waals surface area contributed by atoms with Gasteiger partial charge in [-0.15, -0.1) is 0 Å². The van der Waals surface area contributed by atoms with Crippen LogP contribution in [0.25, 0.3) is 42.0 Å². The molecule has 4 aliphatic carbocycles. The van der Waals surface area contributed by atoms with Crippen molar-refractivity contribution in [3.63, 3.8) is 0 Å². The van der Waals surface area contributed by atoms with E-state index in [0.29, 0.717) is 11.8 Å². The molecule has 130 valence electrons. The maximum atomic E-state index is 2.48. The van der Waals surface area contributed by atoms with Crippen molar-refractivity contribution in [2.24, 2.45) is 0 Å². The van der Waals surface area contributed by atoms with Crippen molar-refractivity contribution >= 4 is 42.0 Å². The molecule has 0 heterocycles. The van der Waals surface area contributed by atoms with E-state index in [-0.39, 0.29) is 0 Å². The second-order valence-corrected chi connectivity index (χ2v) is 8.25. The molecular weight excluding hydrogens is 336 g/mol. The zero-order chi connectivity index (χ0) is 18.2. The van der Waals surface area contributed by atoms with Gasteiger partial charge in [-0.05, 0) is 61.7 Å². The average Bonchev–Trinajstić information content (AvgIpc) is 2.61. The van der Waals surface area contributed by atoms with Crippen LogP contribution in [-0.2, 0) is 0 Å². The highest BCUT2D eigenvalue weighted by Crippen LogP contribution is 2.54. The quantitative estimate of drug-likeness (QED) is 0.318. The monoisotopic (exact) mass is 354 g/mol. The van der Waals surface area contributed by atoms with Gasteiger partial charge in [0.2, 0.25) is 0 Å². The third kappa shape index (κ3) is 1.90. The molecule has 0 heteroatoms. The Kier molecular flexibility index (Phi) is 2.67. The van der Waals surface area contributed by atoms with Gasteiger partial charge >= 0.3 is 0 Å². The molecule has 0 amide bonds. The molecule has 3 aromatic rings. The summed E-state index contributed by atoms with van der Waals surface area (Å²) in [5, 5.41) is 0. The van der Waals surface area contributed by atoms with Crippen LogP contribution in [0.3, 0.4) is 0 Å². The van der Waals surface area contributed by atoms with Crippen LogP contribution in [0.2, 0.25) is 0 Å². The standard InChI is InChI=1S/C28H18/c1-7-20-13-23(10-4-17(1)20)26-16-27(24-11-5-18-2-8-21(18)14-24)28(26)25-12-6-19-3-9-22(19)15-25/h1-16,26,28H. The lowest BCUT2D eigenvalue weighted by Gasteiger charge is -2.38. The number of benzene rings is 3. The van der Waals surface area contributed by atoms with E-state index in [9.17, 15) is 0 Å². The fourth-order valence-electron chi connectivity index (χ4n) is 4.90. The fourth-order valence-corrected chi connectivity index (χ4v) is 4.90. The Morgan fingerprint density at radius 1 is 0.464 bits per heavy atom. The molecule has 2 atom stereocenters. The van der Waals surface area contributed by atoms with Crippen molar-refractivity contribution in [2.45, 2.75) is 11.8 Å². The summed E-state index contributed by atoms with van der Waals surface area (Å²) < 4.78 is 0. The summed E-state index contributed by atoms with van der Waals surface area (Å²) in [5.41, 5.74) is 13.9. The van der Waals surface area contributed by atoms with Crippen LogP contribution >= 0.6 is 0 Å². The number of allylic oxidation sites excluding steroid dienone is 2. The van der Waals surface area contributed by atoms with Crippen molar-refractivity contribution in [3.05, 3.63) is 111 Å². The highest BCUT2D eigenvalue weighted by molar-refractivity contribution is 5.91. The lowest BCUT2D eigenvalue weighted by Crippen LogP contribution is -2.21. The number of hydrogen-bond donors (Lipinski definition) is 0. The predicted octanol–water partition coefficient (Wildman–Crippen LogP) is 7.10. The normalized spacial score (nSPS) is 21.4. The number of hydrogen-bond acceptors (Lipinski definition) is 0. The van der Waals surface area contributed by atoms with E-state index in [1.54, 1.807) is 0 Å². The Morgan fingerprint density at radius 3 is 1.57 bits per heavy atom. The van der Waals surface area contributed by atoms with E-state index in [1.165, 1.54) is 55.6 Å². The Morgan fingerprint density at radius 2 is 1.00 bits per heavy atom. The number of fused-ring (bicyclic) bond motifs is 3. The summed E-state index contributed by atoms with van der Waals surface area (Å²) in [6, 6.07) is 20.9. The van der Waals surface area contributed by atoms with Crippen molar-refractivity contribution < 1.29 is 0 Å². The molecule has 0 saturated heterocycles. The number of rotatable bonds is 3.